The number of amides is 1. The van der Waals surface area contributed by atoms with Gasteiger partial charge in [0, 0.05) is 6.20 Å². The summed E-state index contributed by atoms with van der Waals surface area (Å²) in [6.45, 7) is 0.237. The molecule has 88 valence electrons. The summed E-state index contributed by atoms with van der Waals surface area (Å²) in [6, 6.07) is 1.40. The van der Waals surface area contributed by atoms with E-state index in [-0.39, 0.29) is 17.7 Å². The number of carboxylic acid groups (broad SMARTS) is 1. The normalized spacial score (nSPS) is 10.4. The Hall–Kier alpha value is -2.57. The first kappa shape index (κ1) is 10.9. The average molecular weight is 235 g/mol. The van der Waals surface area contributed by atoms with Crippen LogP contribution in [0.5, 0.6) is 0 Å². The van der Waals surface area contributed by atoms with Gasteiger partial charge in [0.05, 0.1) is 23.9 Å². The van der Waals surface area contributed by atoms with Crippen molar-refractivity contribution in [3.63, 3.8) is 0 Å². The van der Waals surface area contributed by atoms with Gasteiger partial charge in [-0.2, -0.15) is 5.10 Å². The fourth-order valence-electron chi connectivity index (χ4n) is 1.31. The minimum atomic E-state index is -1.06. The molecule has 0 aliphatic rings. The zero-order chi connectivity index (χ0) is 12.4. The molecule has 0 radical (unpaired) electrons. The molecule has 0 saturated carbocycles. The third-order valence-electron chi connectivity index (χ3n) is 2.14. The third kappa shape index (κ3) is 2.33. The summed E-state index contributed by atoms with van der Waals surface area (Å²) in [6.07, 6.45) is 3.95. The second kappa shape index (κ2) is 4.12. The molecule has 2 aromatic rings. The van der Waals surface area contributed by atoms with Crippen LogP contribution < -0.4 is 5.73 Å². The van der Waals surface area contributed by atoms with Crippen molar-refractivity contribution in [2.45, 2.75) is 6.54 Å². The van der Waals surface area contributed by atoms with Gasteiger partial charge in [-0.25, -0.2) is 4.79 Å². The molecule has 0 unspecified atom stereocenters. The van der Waals surface area contributed by atoms with Crippen molar-refractivity contribution in [3.8, 4) is 0 Å². The Kier molecular flexibility index (Phi) is 2.65. The van der Waals surface area contributed by atoms with Gasteiger partial charge < -0.3 is 15.3 Å². The molecule has 0 aliphatic carbocycles. The predicted molar refractivity (Wildman–Crippen MR) is 55.5 cm³/mol. The van der Waals surface area contributed by atoms with E-state index in [0.717, 1.165) is 6.26 Å². The highest BCUT2D eigenvalue weighted by atomic mass is 16.4. The second-order valence-electron chi connectivity index (χ2n) is 3.40. The molecular weight excluding hydrogens is 226 g/mol. The summed E-state index contributed by atoms with van der Waals surface area (Å²) in [7, 11) is 0. The van der Waals surface area contributed by atoms with Crippen LogP contribution in [0, 0.1) is 0 Å². The van der Waals surface area contributed by atoms with Crippen LogP contribution in [0.15, 0.2) is 29.1 Å². The monoisotopic (exact) mass is 235 g/mol. The number of carbonyl (C=O) groups is 2. The SMILES string of the molecule is NC(=O)c1cnn(Cc2cc(C(=O)O)co2)c1. The summed E-state index contributed by atoms with van der Waals surface area (Å²) in [5.41, 5.74) is 5.43. The minimum Gasteiger partial charge on any atom is -0.478 e. The molecule has 0 aromatic carbocycles. The maximum atomic E-state index is 10.8. The van der Waals surface area contributed by atoms with Gasteiger partial charge in [-0.05, 0) is 6.07 Å². The fourth-order valence-corrected chi connectivity index (χ4v) is 1.31. The van der Waals surface area contributed by atoms with E-state index in [1.165, 1.54) is 23.1 Å². The second-order valence-corrected chi connectivity index (χ2v) is 3.40. The molecule has 0 saturated heterocycles. The van der Waals surface area contributed by atoms with Crippen molar-refractivity contribution in [3.05, 3.63) is 41.6 Å². The molecule has 1 amide bonds. The molecule has 7 nitrogen and oxygen atoms in total. The largest absolute Gasteiger partial charge is 0.478 e. The smallest absolute Gasteiger partial charge is 0.338 e. The van der Waals surface area contributed by atoms with Gasteiger partial charge in [0.25, 0.3) is 5.91 Å². The lowest BCUT2D eigenvalue weighted by Gasteiger charge is -1.95. The van der Waals surface area contributed by atoms with Crippen LogP contribution in [-0.4, -0.2) is 26.8 Å². The van der Waals surface area contributed by atoms with Crippen molar-refractivity contribution in [1.29, 1.82) is 0 Å². The van der Waals surface area contributed by atoms with E-state index in [9.17, 15) is 9.59 Å². The lowest BCUT2D eigenvalue weighted by atomic mass is 10.3. The minimum absolute atomic E-state index is 0.0716. The van der Waals surface area contributed by atoms with Crippen LogP contribution in [0.4, 0.5) is 0 Å². The Balaban J connectivity index is 2.13. The number of hydrogen-bond acceptors (Lipinski definition) is 4. The van der Waals surface area contributed by atoms with Crippen LogP contribution in [0.3, 0.4) is 0 Å². The van der Waals surface area contributed by atoms with E-state index in [4.69, 9.17) is 15.3 Å². The number of aromatic carboxylic acids is 1. The van der Waals surface area contributed by atoms with E-state index in [1.54, 1.807) is 0 Å². The maximum absolute atomic E-state index is 10.8. The number of nitrogens with two attached hydrogens (primary N) is 1. The van der Waals surface area contributed by atoms with Crippen LogP contribution in [-0.2, 0) is 6.54 Å². The molecule has 17 heavy (non-hydrogen) atoms. The number of carbonyl (C=O) groups excluding carboxylic acids is 1. The Morgan fingerprint density at radius 2 is 2.24 bits per heavy atom. The van der Waals surface area contributed by atoms with Gasteiger partial charge in [-0.3, -0.25) is 9.48 Å². The Bertz CT molecular complexity index is 519. The first-order valence-corrected chi connectivity index (χ1v) is 4.69. The molecule has 0 atom stereocenters. The lowest BCUT2D eigenvalue weighted by molar-refractivity contribution is 0.0696. The zero-order valence-electron chi connectivity index (χ0n) is 8.66. The number of carboxylic acids is 1. The first-order valence-electron chi connectivity index (χ1n) is 4.69. The maximum Gasteiger partial charge on any atom is 0.338 e. The van der Waals surface area contributed by atoms with Gasteiger partial charge in [0.1, 0.15) is 12.0 Å². The van der Waals surface area contributed by atoms with E-state index < -0.39 is 11.9 Å². The highest BCUT2D eigenvalue weighted by molar-refractivity contribution is 5.92. The molecular formula is C10H9N3O4. The molecule has 0 fully saturated rings. The summed E-state index contributed by atoms with van der Waals surface area (Å²) in [5, 5.41) is 12.6. The molecule has 7 heteroatoms. The van der Waals surface area contributed by atoms with Crippen molar-refractivity contribution in [2.75, 3.05) is 0 Å². The van der Waals surface area contributed by atoms with Gasteiger partial charge >= 0.3 is 5.97 Å². The topological polar surface area (TPSA) is 111 Å². The van der Waals surface area contributed by atoms with E-state index in [1.807, 2.05) is 0 Å². The zero-order valence-corrected chi connectivity index (χ0v) is 8.66. The van der Waals surface area contributed by atoms with Crippen LogP contribution in [0.1, 0.15) is 26.5 Å². The van der Waals surface area contributed by atoms with Crippen molar-refractivity contribution in [1.82, 2.24) is 9.78 Å². The molecule has 2 heterocycles. The fraction of sp³-hybridized carbons (Fsp3) is 0.100. The van der Waals surface area contributed by atoms with Crippen LogP contribution in [0.2, 0.25) is 0 Å². The van der Waals surface area contributed by atoms with E-state index in [0.29, 0.717) is 5.76 Å². The summed E-state index contributed by atoms with van der Waals surface area (Å²) >= 11 is 0. The molecule has 0 aliphatic heterocycles. The van der Waals surface area contributed by atoms with Crippen LogP contribution in [0.25, 0.3) is 0 Å². The summed E-state index contributed by atoms with van der Waals surface area (Å²) in [4.78, 5) is 21.4. The Labute approximate surface area is 95.4 Å². The van der Waals surface area contributed by atoms with E-state index in [2.05, 4.69) is 5.10 Å². The third-order valence-corrected chi connectivity index (χ3v) is 2.14. The Morgan fingerprint density at radius 3 is 2.76 bits per heavy atom. The van der Waals surface area contributed by atoms with Gasteiger partial charge in [0.2, 0.25) is 0 Å². The predicted octanol–water partition coefficient (Wildman–Crippen LogP) is 0.321. The number of primary amides is 1. The number of hydrogen-bond donors (Lipinski definition) is 2. The summed E-state index contributed by atoms with van der Waals surface area (Å²) < 4.78 is 6.48. The number of furan rings is 1. The average Bonchev–Trinajstić information content (AvgIpc) is 2.87. The molecule has 0 bridgehead atoms. The lowest BCUT2D eigenvalue weighted by Crippen LogP contribution is -2.09. The van der Waals surface area contributed by atoms with Gasteiger partial charge in [0.15, 0.2) is 0 Å². The number of nitrogens with zero attached hydrogens (tertiary/aromatic N) is 2. The van der Waals surface area contributed by atoms with Crippen molar-refractivity contribution in [2.24, 2.45) is 5.73 Å². The molecule has 2 aromatic heterocycles. The van der Waals surface area contributed by atoms with Crippen molar-refractivity contribution < 1.29 is 19.1 Å². The first-order chi connectivity index (χ1) is 8.06. The van der Waals surface area contributed by atoms with Gasteiger partial charge in [-0.15, -0.1) is 0 Å². The number of aromatic nitrogens is 2. The Morgan fingerprint density at radius 1 is 1.47 bits per heavy atom. The van der Waals surface area contributed by atoms with Crippen molar-refractivity contribution >= 4 is 11.9 Å². The standard InChI is InChI=1S/C10H9N3O4/c11-9(14)7-2-12-13(3-7)4-8-1-6(5-17-8)10(15)16/h1-3,5H,4H2,(H2,11,14)(H,15,16). The quantitative estimate of drug-likeness (QED) is 0.792. The molecule has 0 spiro atoms. The summed E-state index contributed by atoms with van der Waals surface area (Å²) in [5.74, 6) is -1.19. The van der Waals surface area contributed by atoms with E-state index >= 15 is 0 Å². The number of rotatable bonds is 4. The highest BCUT2D eigenvalue weighted by Crippen LogP contribution is 2.09. The van der Waals surface area contributed by atoms with Crippen LogP contribution >= 0.6 is 0 Å². The molecule has 3 N–H and O–H groups in total. The van der Waals surface area contributed by atoms with Gasteiger partial charge in [-0.1, -0.05) is 0 Å². The molecule has 2 rings (SSSR count). The highest BCUT2D eigenvalue weighted by Gasteiger charge is 2.10.